The number of hydrogen-bond donors (Lipinski definition) is 1. The van der Waals surface area contributed by atoms with Crippen LogP contribution in [0.4, 0.5) is 11.4 Å². The van der Waals surface area contributed by atoms with Crippen molar-refractivity contribution in [3.05, 3.63) is 94.0 Å². The van der Waals surface area contributed by atoms with Crippen LogP contribution in [0.15, 0.2) is 72.8 Å². The number of nitrogens with one attached hydrogen (secondary N) is 1. The molecule has 0 spiro atoms. The van der Waals surface area contributed by atoms with Crippen LogP contribution < -0.4 is 14.8 Å². The van der Waals surface area contributed by atoms with Gasteiger partial charge in [0.2, 0.25) is 6.79 Å². The molecule has 0 saturated heterocycles. The smallest absolute Gasteiger partial charge is 0.270 e. The molecular weight excluding hydrogens is 372 g/mol. The molecule has 144 valence electrons. The third kappa shape index (κ3) is 4.08. The van der Waals surface area contributed by atoms with Crippen LogP contribution >= 0.6 is 0 Å². The number of carbonyl (C=O) groups excluding carboxylic acids is 1. The number of fused-ring (bicyclic) bond motifs is 1. The molecule has 3 aromatic rings. The number of benzene rings is 3. The summed E-state index contributed by atoms with van der Waals surface area (Å²) in [5, 5.41) is 13.9. The monoisotopic (exact) mass is 388 g/mol. The van der Waals surface area contributed by atoms with Crippen molar-refractivity contribution in [1.82, 2.24) is 0 Å². The molecule has 0 bridgehead atoms. The SMILES string of the molecule is O=C(Nc1ccc2c(c1)OCO2)/C(=C/c1cccc([N+](=O)[O-])c1)c1ccccc1. The highest BCUT2D eigenvalue weighted by molar-refractivity contribution is 6.29. The van der Waals surface area contributed by atoms with E-state index in [2.05, 4.69) is 5.32 Å². The highest BCUT2D eigenvalue weighted by atomic mass is 16.7. The molecule has 3 aromatic carbocycles. The van der Waals surface area contributed by atoms with Gasteiger partial charge in [-0.05, 0) is 29.3 Å². The Balaban J connectivity index is 1.68. The van der Waals surface area contributed by atoms with Crippen LogP contribution in [-0.2, 0) is 4.79 Å². The molecule has 1 heterocycles. The van der Waals surface area contributed by atoms with Gasteiger partial charge in [0.1, 0.15) is 0 Å². The number of rotatable bonds is 5. The summed E-state index contributed by atoms with van der Waals surface area (Å²) in [6.07, 6.45) is 1.63. The summed E-state index contributed by atoms with van der Waals surface area (Å²) in [6.45, 7) is 0.148. The van der Waals surface area contributed by atoms with Gasteiger partial charge in [0, 0.05) is 29.5 Å². The molecule has 1 N–H and O–H groups in total. The minimum Gasteiger partial charge on any atom is -0.454 e. The first kappa shape index (κ1) is 18.2. The van der Waals surface area contributed by atoms with Gasteiger partial charge in [-0.3, -0.25) is 14.9 Å². The van der Waals surface area contributed by atoms with Crippen LogP contribution in [0.5, 0.6) is 11.5 Å². The van der Waals surface area contributed by atoms with E-state index in [0.29, 0.717) is 33.9 Å². The number of nitrogens with zero attached hydrogens (tertiary/aromatic N) is 1. The molecule has 1 amide bonds. The molecule has 7 nitrogen and oxygen atoms in total. The van der Waals surface area contributed by atoms with Crippen molar-refractivity contribution >= 4 is 28.9 Å². The van der Waals surface area contributed by atoms with Crippen molar-refractivity contribution in [2.24, 2.45) is 0 Å². The standard InChI is InChI=1S/C22H16N2O5/c25-22(23-17-9-10-20-21(13-17)29-14-28-20)19(16-6-2-1-3-7-16)12-15-5-4-8-18(11-15)24(26)27/h1-13H,14H2,(H,23,25)/b19-12+. The van der Waals surface area contributed by atoms with Crippen molar-refractivity contribution in [3.8, 4) is 11.5 Å². The second-order valence-corrected chi connectivity index (χ2v) is 6.30. The number of nitro groups is 1. The summed E-state index contributed by atoms with van der Waals surface area (Å²) < 4.78 is 10.6. The van der Waals surface area contributed by atoms with Crippen LogP contribution in [0, 0.1) is 10.1 Å². The zero-order valence-electron chi connectivity index (χ0n) is 15.2. The Kier molecular flexibility index (Phi) is 4.94. The van der Waals surface area contributed by atoms with Crippen LogP contribution in [0.3, 0.4) is 0 Å². The van der Waals surface area contributed by atoms with Crippen LogP contribution in [0.25, 0.3) is 11.6 Å². The van der Waals surface area contributed by atoms with E-state index in [1.807, 2.05) is 30.3 Å². The molecule has 0 saturated carbocycles. The minimum absolute atomic E-state index is 0.0395. The zero-order valence-corrected chi connectivity index (χ0v) is 15.2. The van der Waals surface area contributed by atoms with Crippen molar-refractivity contribution in [1.29, 1.82) is 0 Å². The third-order valence-corrected chi connectivity index (χ3v) is 4.35. The lowest BCUT2D eigenvalue weighted by Gasteiger charge is -2.10. The zero-order chi connectivity index (χ0) is 20.2. The van der Waals surface area contributed by atoms with Crippen molar-refractivity contribution in [2.75, 3.05) is 12.1 Å². The molecule has 7 heteroatoms. The highest BCUT2D eigenvalue weighted by Crippen LogP contribution is 2.34. The van der Waals surface area contributed by atoms with E-state index >= 15 is 0 Å². The average molecular weight is 388 g/mol. The van der Waals surface area contributed by atoms with E-state index < -0.39 is 4.92 Å². The highest BCUT2D eigenvalue weighted by Gasteiger charge is 2.17. The first-order valence-corrected chi connectivity index (χ1v) is 8.83. The Bertz CT molecular complexity index is 1110. The average Bonchev–Trinajstić information content (AvgIpc) is 3.20. The third-order valence-electron chi connectivity index (χ3n) is 4.35. The number of ether oxygens (including phenoxy) is 2. The van der Waals surface area contributed by atoms with Crippen molar-refractivity contribution < 1.29 is 19.2 Å². The first-order chi connectivity index (χ1) is 14.1. The number of anilines is 1. The summed E-state index contributed by atoms with van der Waals surface area (Å²) in [5.74, 6) is 0.840. The normalized spacial score (nSPS) is 12.5. The lowest BCUT2D eigenvalue weighted by atomic mass is 10.0. The Morgan fingerprint density at radius 3 is 2.55 bits per heavy atom. The van der Waals surface area contributed by atoms with Gasteiger partial charge >= 0.3 is 0 Å². The van der Waals surface area contributed by atoms with E-state index in [-0.39, 0.29) is 18.4 Å². The quantitative estimate of drug-likeness (QED) is 0.301. The van der Waals surface area contributed by atoms with Gasteiger partial charge in [0.05, 0.1) is 4.92 Å². The summed E-state index contributed by atoms with van der Waals surface area (Å²) in [4.78, 5) is 23.6. The van der Waals surface area contributed by atoms with E-state index in [1.54, 1.807) is 36.4 Å². The van der Waals surface area contributed by atoms with Crippen LogP contribution in [0.1, 0.15) is 11.1 Å². The summed E-state index contributed by atoms with van der Waals surface area (Å²) >= 11 is 0. The van der Waals surface area contributed by atoms with Gasteiger partial charge < -0.3 is 14.8 Å². The molecular formula is C22H16N2O5. The molecule has 4 rings (SSSR count). The summed E-state index contributed by atoms with van der Waals surface area (Å²) in [5.41, 5.74) is 2.14. The van der Waals surface area contributed by atoms with Gasteiger partial charge in [0.15, 0.2) is 11.5 Å². The van der Waals surface area contributed by atoms with Gasteiger partial charge in [-0.15, -0.1) is 0 Å². The fourth-order valence-corrected chi connectivity index (χ4v) is 2.97. The molecule has 0 unspecified atom stereocenters. The lowest BCUT2D eigenvalue weighted by molar-refractivity contribution is -0.384. The molecule has 0 fully saturated rings. The second kappa shape index (κ2) is 7.85. The number of amides is 1. The van der Waals surface area contributed by atoms with Gasteiger partial charge in [-0.2, -0.15) is 0 Å². The van der Waals surface area contributed by atoms with Gasteiger partial charge in [-0.1, -0.05) is 42.5 Å². The number of nitro benzene ring substituents is 1. The Morgan fingerprint density at radius 2 is 1.76 bits per heavy atom. The van der Waals surface area contributed by atoms with E-state index in [0.717, 1.165) is 0 Å². The maximum Gasteiger partial charge on any atom is 0.270 e. The lowest BCUT2D eigenvalue weighted by Crippen LogP contribution is -2.13. The summed E-state index contributed by atoms with van der Waals surface area (Å²) in [7, 11) is 0. The van der Waals surface area contributed by atoms with Gasteiger partial charge in [-0.25, -0.2) is 0 Å². The van der Waals surface area contributed by atoms with Gasteiger partial charge in [0.25, 0.3) is 11.6 Å². The van der Waals surface area contributed by atoms with Crippen molar-refractivity contribution in [3.63, 3.8) is 0 Å². The van der Waals surface area contributed by atoms with Crippen LogP contribution in [-0.4, -0.2) is 17.6 Å². The maximum absolute atomic E-state index is 13.1. The fraction of sp³-hybridized carbons (Fsp3) is 0.0455. The Morgan fingerprint density at radius 1 is 0.966 bits per heavy atom. The number of carbonyl (C=O) groups is 1. The van der Waals surface area contributed by atoms with E-state index in [4.69, 9.17) is 9.47 Å². The van der Waals surface area contributed by atoms with Crippen LogP contribution in [0.2, 0.25) is 0 Å². The van der Waals surface area contributed by atoms with E-state index in [9.17, 15) is 14.9 Å². The summed E-state index contributed by atoms with van der Waals surface area (Å²) in [6, 6.07) is 20.4. The molecule has 1 aliphatic heterocycles. The second-order valence-electron chi connectivity index (χ2n) is 6.30. The Labute approximate surface area is 166 Å². The predicted molar refractivity (Wildman–Crippen MR) is 109 cm³/mol. The molecule has 1 aliphatic rings. The predicted octanol–water partition coefficient (Wildman–Crippen LogP) is 4.50. The largest absolute Gasteiger partial charge is 0.454 e. The molecule has 0 radical (unpaired) electrons. The number of hydrogen-bond acceptors (Lipinski definition) is 5. The Hall–Kier alpha value is -4.13. The molecule has 29 heavy (non-hydrogen) atoms. The minimum atomic E-state index is -0.466. The van der Waals surface area contributed by atoms with Crippen molar-refractivity contribution in [2.45, 2.75) is 0 Å². The maximum atomic E-state index is 13.1. The van der Waals surface area contributed by atoms with E-state index in [1.165, 1.54) is 12.1 Å². The fourth-order valence-electron chi connectivity index (χ4n) is 2.97. The topological polar surface area (TPSA) is 90.7 Å². The molecule has 0 aliphatic carbocycles. The molecule has 0 aromatic heterocycles. The molecule has 0 atom stereocenters. The number of non-ortho nitro benzene ring substituents is 1. The first-order valence-electron chi connectivity index (χ1n) is 8.83.